The smallest absolute Gasteiger partial charge is 0.329 e. The topological polar surface area (TPSA) is 127 Å². The van der Waals surface area contributed by atoms with Gasteiger partial charge in [0.2, 0.25) is 0 Å². The number of hydrogen-bond donors (Lipinski definition) is 2. The Labute approximate surface area is 121 Å². The van der Waals surface area contributed by atoms with Crippen LogP contribution in [0, 0.1) is 10.1 Å². The zero-order valence-corrected chi connectivity index (χ0v) is 12.6. The molecule has 0 spiro atoms. The van der Waals surface area contributed by atoms with E-state index < -0.39 is 32.0 Å². The van der Waals surface area contributed by atoms with Crippen molar-refractivity contribution in [3.8, 4) is 0 Å². The molecule has 21 heavy (non-hydrogen) atoms. The molecule has 0 aromatic heterocycles. The fraction of sp³-hybridized carbons (Fsp3) is 0.417. The molecule has 116 valence electrons. The van der Waals surface area contributed by atoms with Crippen LogP contribution < -0.4 is 5.32 Å². The second-order valence-electron chi connectivity index (χ2n) is 4.82. The van der Waals surface area contributed by atoms with Crippen LogP contribution in [0.15, 0.2) is 23.1 Å². The lowest BCUT2D eigenvalue weighted by molar-refractivity contribution is -0.384. The Bertz CT molecular complexity index is 685. The van der Waals surface area contributed by atoms with Crippen LogP contribution in [0.3, 0.4) is 0 Å². The molecule has 1 rings (SSSR count). The minimum atomic E-state index is -3.59. The van der Waals surface area contributed by atoms with Crippen molar-refractivity contribution in [2.45, 2.75) is 30.7 Å². The summed E-state index contributed by atoms with van der Waals surface area (Å²) in [7, 11) is -3.59. The maximum Gasteiger partial charge on any atom is 0.329 e. The molecule has 0 bridgehead atoms. The Kier molecular flexibility index (Phi) is 4.57. The van der Waals surface area contributed by atoms with Gasteiger partial charge in [0.05, 0.1) is 9.82 Å². The number of nitro groups is 1. The molecular weight excluding hydrogens is 300 g/mol. The second kappa shape index (κ2) is 5.68. The molecule has 9 heteroatoms. The molecule has 0 amide bonds. The largest absolute Gasteiger partial charge is 0.480 e. The fourth-order valence-corrected chi connectivity index (χ4v) is 2.23. The molecule has 1 aromatic rings. The Morgan fingerprint density at radius 3 is 2.43 bits per heavy atom. The van der Waals surface area contributed by atoms with E-state index in [1.54, 1.807) is 6.92 Å². The van der Waals surface area contributed by atoms with Crippen molar-refractivity contribution in [1.82, 2.24) is 0 Å². The number of sulfone groups is 1. The molecule has 0 saturated heterocycles. The summed E-state index contributed by atoms with van der Waals surface area (Å²) in [4.78, 5) is 21.3. The highest BCUT2D eigenvalue weighted by Crippen LogP contribution is 2.30. The van der Waals surface area contributed by atoms with E-state index in [1.165, 1.54) is 19.1 Å². The summed E-state index contributed by atoms with van der Waals surface area (Å²) < 4.78 is 22.9. The number of nitro benzene ring substituents is 1. The van der Waals surface area contributed by atoms with Crippen LogP contribution in [-0.2, 0) is 14.6 Å². The van der Waals surface area contributed by atoms with Crippen LogP contribution in [0.25, 0.3) is 0 Å². The number of anilines is 1. The molecule has 0 fully saturated rings. The number of hydrogen-bond acceptors (Lipinski definition) is 6. The summed E-state index contributed by atoms with van der Waals surface area (Å²) in [5.74, 6) is -1.16. The lowest BCUT2D eigenvalue weighted by Crippen LogP contribution is -2.42. The van der Waals surface area contributed by atoms with Crippen molar-refractivity contribution in [3.05, 3.63) is 28.3 Å². The lowest BCUT2D eigenvalue weighted by Gasteiger charge is -2.25. The molecular formula is C12H16N2O6S. The van der Waals surface area contributed by atoms with Gasteiger partial charge in [-0.05, 0) is 25.5 Å². The summed E-state index contributed by atoms with van der Waals surface area (Å²) in [6.07, 6.45) is 1.12. The van der Waals surface area contributed by atoms with E-state index in [2.05, 4.69) is 5.32 Å². The number of carbonyl (C=O) groups is 1. The number of carboxylic acids is 1. The number of benzene rings is 1. The normalized spacial score (nSPS) is 14.2. The highest BCUT2D eigenvalue weighted by Gasteiger charge is 2.33. The van der Waals surface area contributed by atoms with Gasteiger partial charge in [-0.1, -0.05) is 6.92 Å². The molecule has 0 heterocycles. The highest BCUT2D eigenvalue weighted by atomic mass is 32.2. The summed E-state index contributed by atoms with van der Waals surface area (Å²) in [6, 6.07) is 3.31. The van der Waals surface area contributed by atoms with Gasteiger partial charge in [0.15, 0.2) is 9.84 Å². The van der Waals surface area contributed by atoms with Crippen molar-refractivity contribution in [1.29, 1.82) is 0 Å². The highest BCUT2D eigenvalue weighted by molar-refractivity contribution is 7.90. The monoisotopic (exact) mass is 316 g/mol. The van der Waals surface area contributed by atoms with Gasteiger partial charge >= 0.3 is 5.97 Å². The number of carboxylic acid groups (broad SMARTS) is 1. The van der Waals surface area contributed by atoms with Gasteiger partial charge in [0.25, 0.3) is 5.69 Å². The quantitative estimate of drug-likeness (QED) is 0.603. The molecule has 0 aliphatic carbocycles. The van der Waals surface area contributed by atoms with Gasteiger partial charge in [0, 0.05) is 12.3 Å². The zero-order chi connectivity index (χ0) is 16.4. The molecule has 1 atom stereocenters. The Hall–Kier alpha value is -2.16. The maximum absolute atomic E-state index is 11.4. The SMILES string of the molecule is CCC(C)(Nc1ccc(S(C)(=O)=O)cc1[N+](=O)[O-])C(=O)O. The van der Waals surface area contributed by atoms with Crippen LogP contribution in [0.2, 0.25) is 0 Å². The molecule has 1 unspecified atom stereocenters. The second-order valence-corrected chi connectivity index (χ2v) is 6.84. The summed E-state index contributed by atoms with van der Waals surface area (Å²) in [5, 5.41) is 22.8. The number of nitrogens with zero attached hydrogens (tertiary/aromatic N) is 1. The fourth-order valence-electron chi connectivity index (χ4n) is 1.59. The first-order valence-corrected chi connectivity index (χ1v) is 7.90. The van der Waals surface area contributed by atoms with Crippen LogP contribution in [0.1, 0.15) is 20.3 Å². The predicted molar refractivity (Wildman–Crippen MR) is 76.2 cm³/mol. The van der Waals surface area contributed by atoms with Gasteiger partial charge in [0.1, 0.15) is 11.2 Å². The summed E-state index contributed by atoms with van der Waals surface area (Å²) in [6.45, 7) is 3.02. The van der Waals surface area contributed by atoms with Gasteiger partial charge in [-0.25, -0.2) is 13.2 Å². The average Bonchev–Trinajstić information content (AvgIpc) is 2.37. The van der Waals surface area contributed by atoms with Crippen LogP contribution in [0.5, 0.6) is 0 Å². The summed E-state index contributed by atoms with van der Waals surface area (Å²) in [5.41, 5.74) is -1.92. The predicted octanol–water partition coefficient (Wildman–Crippen LogP) is 1.66. The first kappa shape index (κ1) is 16.9. The average molecular weight is 316 g/mol. The number of nitrogens with one attached hydrogen (secondary N) is 1. The van der Waals surface area contributed by atoms with Crippen LogP contribution >= 0.6 is 0 Å². The van der Waals surface area contributed by atoms with E-state index >= 15 is 0 Å². The van der Waals surface area contributed by atoms with E-state index in [-0.39, 0.29) is 17.0 Å². The van der Waals surface area contributed by atoms with Gasteiger partial charge in [-0.3, -0.25) is 10.1 Å². The third-order valence-electron chi connectivity index (χ3n) is 3.18. The minimum Gasteiger partial charge on any atom is -0.480 e. The van der Waals surface area contributed by atoms with E-state index in [4.69, 9.17) is 0 Å². The van der Waals surface area contributed by atoms with E-state index in [0.29, 0.717) is 0 Å². The first-order chi connectivity index (χ1) is 9.51. The van der Waals surface area contributed by atoms with Gasteiger partial charge in [-0.15, -0.1) is 0 Å². The molecule has 2 N–H and O–H groups in total. The van der Waals surface area contributed by atoms with E-state index in [0.717, 1.165) is 12.3 Å². The molecule has 0 radical (unpaired) electrons. The van der Waals surface area contributed by atoms with Crippen molar-refractivity contribution in [2.75, 3.05) is 11.6 Å². The van der Waals surface area contributed by atoms with Crippen LogP contribution in [0.4, 0.5) is 11.4 Å². The molecule has 0 saturated carbocycles. The third kappa shape index (κ3) is 3.69. The maximum atomic E-state index is 11.4. The molecule has 8 nitrogen and oxygen atoms in total. The number of aliphatic carboxylic acids is 1. The van der Waals surface area contributed by atoms with E-state index in [1.807, 2.05) is 0 Å². The van der Waals surface area contributed by atoms with Crippen molar-refractivity contribution < 1.29 is 23.2 Å². The standard InChI is InChI=1S/C12H16N2O6S/c1-4-12(2,11(15)16)13-9-6-5-8(21(3,19)20)7-10(9)14(17)18/h5-7,13H,4H2,1-3H3,(H,15,16). The Morgan fingerprint density at radius 1 is 1.48 bits per heavy atom. The molecule has 1 aromatic carbocycles. The van der Waals surface area contributed by atoms with Gasteiger partial charge in [-0.2, -0.15) is 0 Å². The first-order valence-electron chi connectivity index (χ1n) is 6.01. The number of rotatable bonds is 6. The Morgan fingerprint density at radius 2 is 2.05 bits per heavy atom. The molecule has 0 aliphatic rings. The van der Waals surface area contributed by atoms with Crippen molar-refractivity contribution in [3.63, 3.8) is 0 Å². The van der Waals surface area contributed by atoms with Crippen molar-refractivity contribution >= 4 is 27.2 Å². The van der Waals surface area contributed by atoms with E-state index in [9.17, 15) is 28.4 Å². The third-order valence-corrected chi connectivity index (χ3v) is 4.29. The van der Waals surface area contributed by atoms with Crippen molar-refractivity contribution in [2.24, 2.45) is 0 Å². The summed E-state index contributed by atoms with van der Waals surface area (Å²) >= 11 is 0. The molecule has 0 aliphatic heterocycles. The Balaban J connectivity index is 3.38. The van der Waals surface area contributed by atoms with Crippen LogP contribution in [-0.4, -0.2) is 36.2 Å². The lowest BCUT2D eigenvalue weighted by atomic mass is 9.98. The minimum absolute atomic E-state index is 0.0425. The van der Waals surface area contributed by atoms with Gasteiger partial charge < -0.3 is 10.4 Å². The zero-order valence-electron chi connectivity index (χ0n) is 11.8.